The van der Waals surface area contributed by atoms with Crippen molar-refractivity contribution in [1.29, 1.82) is 0 Å². The van der Waals surface area contributed by atoms with E-state index in [4.69, 9.17) is 14.2 Å². The fraction of sp³-hybridized carbons (Fsp3) is 0.500. The second-order valence-electron chi connectivity index (χ2n) is 11.1. The van der Waals surface area contributed by atoms with E-state index in [1.54, 1.807) is 65.5 Å². The number of amides is 3. The highest BCUT2D eigenvalue weighted by atomic mass is 19.1. The van der Waals surface area contributed by atoms with Crippen molar-refractivity contribution in [3.8, 4) is 0 Å². The molecule has 220 valence electrons. The second-order valence-corrected chi connectivity index (χ2v) is 11.1. The van der Waals surface area contributed by atoms with Crippen LogP contribution in [0, 0.1) is 5.82 Å². The molecule has 0 aliphatic carbocycles. The van der Waals surface area contributed by atoms with E-state index in [2.05, 4.69) is 27.5 Å². The van der Waals surface area contributed by atoms with Gasteiger partial charge in [0.2, 0.25) is 5.96 Å². The molecule has 12 heteroatoms. The maximum absolute atomic E-state index is 15.1. The predicted molar refractivity (Wildman–Crippen MR) is 150 cm³/mol. The third kappa shape index (κ3) is 10.6. The normalized spacial score (nSPS) is 14.9. The average molecular weight is 562 g/mol. The first-order valence-corrected chi connectivity index (χ1v) is 12.8. The summed E-state index contributed by atoms with van der Waals surface area (Å²) in [6, 6.07) is 4.26. The monoisotopic (exact) mass is 561 g/mol. The van der Waals surface area contributed by atoms with Crippen LogP contribution in [0.5, 0.6) is 0 Å². The van der Waals surface area contributed by atoms with Crippen LogP contribution < -0.4 is 16.0 Å². The first-order valence-electron chi connectivity index (χ1n) is 12.8. The van der Waals surface area contributed by atoms with Crippen molar-refractivity contribution in [3.63, 3.8) is 0 Å². The van der Waals surface area contributed by atoms with Gasteiger partial charge in [0.15, 0.2) is 5.88 Å². The first kappa shape index (κ1) is 32.1. The van der Waals surface area contributed by atoms with Crippen LogP contribution in [0.2, 0.25) is 0 Å². The zero-order chi connectivity index (χ0) is 30.3. The van der Waals surface area contributed by atoms with Crippen molar-refractivity contribution in [3.05, 3.63) is 53.7 Å². The van der Waals surface area contributed by atoms with Crippen LogP contribution in [0.1, 0.15) is 70.8 Å². The second kappa shape index (κ2) is 13.3. The molecule has 1 atom stereocenters. The van der Waals surface area contributed by atoms with Crippen LogP contribution >= 0.6 is 0 Å². The molecule has 0 bridgehead atoms. The zero-order valence-electron chi connectivity index (χ0n) is 24.4. The van der Waals surface area contributed by atoms with E-state index in [0.29, 0.717) is 24.1 Å². The smallest absolute Gasteiger partial charge is 0.437 e. The summed E-state index contributed by atoms with van der Waals surface area (Å²) < 4.78 is 30.6. The van der Waals surface area contributed by atoms with Crippen molar-refractivity contribution < 1.29 is 33.0 Å². The lowest BCUT2D eigenvalue weighted by Crippen LogP contribution is -2.48. The van der Waals surface area contributed by atoms with Crippen molar-refractivity contribution in [2.75, 3.05) is 20.2 Å². The van der Waals surface area contributed by atoms with Gasteiger partial charge in [0.1, 0.15) is 17.0 Å². The topological polar surface area (TPSA) is 131 Å². The third-order valence-corrected chi connectivity index (χ3v) is 5.26. The van der Waals surface area contributed by atoms with Crippen LogP contribution in [-0.4, -0.2) is 66.5 Å². The number of aliphatic imine (C=N–C) groups is 1. The lowest BCUT2D eigenvalue weighted by Gasteiger charge is -2.30. The highest BCUT2D eigenvalue weighted by Crippen LogP contribution is 2.26. The van der Waals surface area contributed by atoms with E-state index < -0.39 is 41.3 Å². The van der Waals surface area contributed by atoms with Gasteiger partial charge >= 0.3 is 12.2 Å². The number of rotatable bonds is 6. The number of halogens is 1. The first-order chi connectivity index (χ1) is 18.5. The minimum atomic E-state index is -0.871. The van der Waals surface area contributed by atoms with E-state index >= 15 is 4.39 Å². The van der Waals surface area contributed by atoms with Gasteiger partial charge in [-0.25, -0.2) is 14.0 Å². The number of benzene rings is 1. The fourth-order valence-corrected chi connectivity index (χ4v) is 3.58. The SMILES string of the molecule is C=C(NC(C)NC(=O)c1ccc(C2=CCN(/C(=N\C(=O)OC(C)(C)C)NC(=O)OC(C)(C)C)CC2)c(F)c1)OC. The van der Waals surface area contributed by atoms with Crippen LogP contribution in [0.25, 0.3) is 5.57 Å². The number of carbonyl (C=O) groups is 3. The molecule has 1 heterocycles. The molecular formula is C28H40FN5O6. The Kier molecular flexibility index (Phi) is 10.7. The molecule has 2 rings (SSSR count). The van der Waals surface area contributed by atoms with E-state index in [9.17, 15) is 14.4 Å². The van der Waals surface area contributed by atoms with Crippen LogP contribution in [0.15, 0.2) is 41.7 Å². The van der Waals surface area contributed by atoms with Crippen molar-refractivity contribution in [2.24, 2.45) is 4.99 Å². The Morgan fingerprint density at radius 2 is 1.73 bits per heavy atom. The lowest BCUT2D eigenvalue weighted by atomic mass is 9.97. The number of ether oxygens (including phenoxy) is 3. The largest absolute Gasteiger partial charge is 0.483 e. The van der Waals surface area contributed by atoms with Crippen LogP contribution in [-0.2, 0) is 14.2 Å². The van der Waals surface area contributed by atoms with Crippen molar-refractivity contribution >= 4 is 29.6 Å². The Labute approximate surface area is 234 Å². The number of guanidine groups is 1. The molecular weight excluding hydrogens is 521 g/mol. The number of nitrogens with one attached hydrogen (secondary N) is 3. The summed E-state index contributed by atoms with van der Waals surface area (Å²) in [6.45, 7) is 16.1. The molecule has 0 spiro atoms. The summed E-state index contributed by atoms with van der Waals surface area (Å²) in [7, 11) is 1.45. The minimum absolute atomic E-state index is 0.0369. The highest BCUT2D eigenvalue weighted by molar-refractivity contribution is 5.99. The van der Waals surface area contributed by atoms with Gasteiger partial charge in [0.25, 0.3) is 5.91 Å². The van der Waals surface area contributed by atoms with Crippen LogP contribution in [0.3, 0.4) is 0 Å². The van der Waals surface area contributed by atoms with E-state index in [1.807, 2.05) is 0 Å². The Morgan fingerprint density at radius 3 is 2.25 bits per heavy atom. The third-order valence-electron chi connectivity index (χ3n) is 5.26. The van der Waals surface area contributed by atoms with Gasteiger partial charge in [0, 0.05) is 24.2 Å². The Balaban J connectivity index is 2.18. The van der Waals surface area contributed by atoms with Gasteiger partial charge in [-0.1, -0.05) is 12.1 Å². The highest BCUT2D eigenvalue weighted by Gasteiger charge is 2.25. The average Bonchev–Trinajstić information content (AvgIpc) is 2.81. The molecule has 40 heavy (non-hydrogen) atoms. The lowest BCUT2D eigenvalue weighted by molar-refractivity contribution is 0.0554. The summed E-state index contributed by atoms with van der Waals surface area (Å²) in [5.74, 6) is -0.767. The molecule has 0 radical (unpaired) electrons. The predicted octanol–water partition coefficient (Wildman–Crippen LogP) is 4.51. The summed E-state index contributed by atoms with van der Waals surface area (Å²) >= 11 is 0. The van der Waals surface area contributed by atoms with Gasteiger partial charge in [-0.15, -0.1) is 4.99 Å². The summed E-state index contributed by atoms with van der Waals surface area (Å²) in [5.41, 5.74) is -0.324. The molecule has 3 N–H and O–H groups in total. The molecule has 1 aliphatic heterocycles. The van der Waals surface area contributed by atoms with Gasteiger partial charge in [0.05, 0.1) is 13.3 Å². The van der Waals surface area contributed by atoms with Crippen molar-refractivity contribution in [2.45, 2.75) is 72.3 Å². The number of hydrogen-bond donors (Lipinski definition) is 3. The molecule has 0 saturated heterocycles. The summed E-state index contributed by atoms with van der Waals surface area (Å²) in [4.78, 5) is 42.9. The number of hydrogen-bond acceptors (Lipinski definition) is 7. The number of methoxy groups -OCH3 is 1. The van der Waals surface area contributed by atoms with E-state index in [-0.39, 0.29) is 24.0 Å². The Bertz CT molecular complexity index is 1180. The van der Waals surface area contributed by atoms with Gasteiger partial charge in [-0.3, -0.25) is 10.1 Å². The fourth-order valence-electron chi connectivity index (χ4n) is 3.58. The molecule has 1 unspecified atom stereocenters. The molecule has 11 nitrogen and oxygen atoms in total. The molecule has 0 aromatic heterocycles. The summed E-state index contributed by atoms with van der Waals surface area (Å²) in [6.07, 6.45) is 0.0162. The Hall–Kier alpha value is -4.09. The molecule has 0 saturated carbocycles. The maximum Gasteiger partial charge on any atom is 0.437 e. The van der Waals surface area contributed by atoms with Gasteiger partial charge in [-0.2, -0.15) is 0 Å². The minimum Gasteiger partial charge on any atom is -0.483 e. The number of nitrogens with zero attached hydrogens (tertiary/aromatic N) is 2. The molecule has 0 fully saturated rings. The van der Waals surface area contributed by atoms with E-state index in [1.165, 1.54) is 19.2 Å². The standard InChI is InChI=1S/C28H40FN5O6/c1-17(30-18(2)38-9)31-23(35)20-10-11-21(22(29)16-20)19-12-14-34(15-13-19)24(32-25(36)39-27(3,4)5)33-26(37)40-28(6,7)8/h10-12,16-17,30H,2,13-15H2,1,3-9H3,(H,31,35)(H,32,33,36,37). The van der Waals surface area contributed by atoms with Crippen molar-refractivity contribution in [1.82, 2.24) is 20.9 Å². The summed E-state index contributed by atoms with van der Waals surface area (Å²) in [5, 5.41) is 8.05. The Morgan fingerprint density at radius 1 is 1.07 bits per heavy atom. The quantitative estimate of drug-likeness (QED) is 0.200. The van der Waals surface area contributed by atoms with E-state index in [0.717, 1.165) is 0 Å². The molecule has 1 aromatic rings. The number of alkyl carbamates (subject to hydrolysis) is 1. The van der Waals surface area contributed by atoms with Gasteiger partial charge < -0.3 is 29.7 Å². The molecule has 1 aliphatic rings. The molecule has 3 amide bonds. The number of carbonyl (C=O) groups excluding carboxylic acids is 3. The molecule has 1 aromatic carbocycles. The zero-order valence-corrected chi connectivity index (χ0v) is 24.4. The van der Waals surface area contributed by atoms with Crippen LogP contribution in [0.4, 0.5) is 14.0 Å². The van der Waals surface area contributed by atoms with Gasteiger partial charge in [-0.05, 0) is 79.2 Å². The maximum atomic E-state index is 15.1.